The van der Waals surface area contributed by atoms with Gasteiger partial charge in [0.2, 0.25) is 5.91 Å². The van der Waals surface area contributed by atoms with E-state index in [4.69, 9.17) is 4.74 Å². The molecule has 1 aromatic heterocycles. The second-order valence-corrected chi connectivity index (χ2v) is 7.36. The largest absolute Gasteiger partial charge is 0.485 e. The number of nitrogens with zero attached hydrogens (tertiary/aromatic N) is 3. The minimum Gasteiger partial charge on any atom is -0.485 e. The molecule has 0 saturated carbocycles. The van der Waals surface area contributed by atoms with Crippen LogP contribution in [0.3, 0.4) is 0 Å². The number of anilines is 1. The molecule has 3 heterocycles. The van der Waals surface area contributed by atoms with E-state index in [1.807, 2.05) is 0 Å². The number of hydrogen-bond acceptors (Lipinski definition) is 5. The number of amides is 1. The maximum absolute atomic E-state index is 14.5. The number of carbonyl (C=O) groups is 1. The number of alkyl halides is 3. The SMILES string of the molecule is CC(=O)N1CCC(Oc2cc3c(cc2F)CN(c2cn[nH]c(=O)c2C(F)(F)F)C3)C1. The molecule has 2 aliphatic rings. The molecule has 2 aliphatic heterocycles. The molecule has 1 aromatic carbocycles. The number of aromatic amines is 1. The summed E-state index contributed by atoms with van der Waals surface area (Å²) in [7, 11) is 0. The van der Waals surface area contributed by atoms with Gasteiger partial charge in [0.15, 0.2) is 11.6 Å². The summed E-state index contributed by atoms with van der Waals surface area (Å²) in [6.07, 6.45) is -3.70. The van der Waals surface area contributed by atoms with Crippen LogP contribution in [0.1, 0.15) is 30.0 Å². The second kappa shape index (κ2) is 7.29. The number of ether oxygens (including phenoxy) is 1. The van der Waals surface area contributed by atoms with Crippen molar-refractivity contribution in [1.82, 2.24) is 15.1 Å². The zero-order valence-corrected chi connectivity index (χ0v) is 15.9. The third-order valence-electron chi connectivity index (χ3n) is 5.32. The molecule has 1 N–H and O–H groups in total. The molecule has 1 atom stereocenters. The number of nitrogens with one attached hydrogen (secondary N) is 1. The van der Waals surface area contributed by atoms with E-state index in [1.54, 1.807) is 10.00 Å². The number of benzene rings is 1. The molecule has 1 fully saturated rings. The Hall–Kier alpha value is -3.11. The van der Waals surface area contributed by atoms with Gasteiger partial charge >= 0.3 is 6.18 Å². The molecule has 0 spiro atoms. The van der Waals surface area contributed by atoms with Crippen molar-refractivity contribution >= 4 is 11.6 Å². The molecular weight excluding hydrogens is 408 g/mol. The van der Waals surface area contributed by atoms with E-state index in [1.165, 1.54) is 24.0 Å². The molecule has 0 radical (unpaired) electrons. The molecule has 1 saturated heterocycles. The van der Waals surface area contributed by atoms with Gasteiger partial charge in [-0.3, -0.25) is 9.59 Å². The predicted molar refractivity (Wildman–Crippen MR) is 97.4 cm³/mol. The van der Waals surface area contributed by atoms with Gasteiger partial charge in [0, 0.05) is 33.0 Å². The predicted octanol–water partition coefficient (Wildman–Crippen LogP) is 2.45. The van der Waals surface area contributed by atoms with Crippen molar-refractivity contribution in [1.29, 1.82) is 0 Å². The van der Waals surface area contributed by atoms with Gasteiger partial charge in [0.25, 0.3) is 5.56 Å². The van der Waals surface area contributed by atoms with Gasteiger partial charge in [-0.25, -0.2) is 9.49 Å². The highest BCUT2D eigenvalue weighted by Gasteiger charge is 2.39. The Bertz CT molecular complexity index is 1050. The van der Waals surface area contributed by atoms with E-state index < -0.39 is 23.1 Å². The average Bonchev–Trinajstić information content (AvgIpc) is 3.27. The van der Waals surface area contributed by atoms with Gasteiger partial charge in [0.05, 0.1) is 18.4 Å². The lowest BCUT2D eigenvalue weighted by atomic mass is 10.1. The molecule has 2 aromatic rings. The molecule has 0 bridgehead atoms. The molecule has 0 aliphatic carbocycles. The number of rotatable bonds is 3. The van der Waals surface area contributed by atoms with Gasteiger partial charge in [-0.15, -0.1) is 0 Å². The number of fused-ring (bicyclic) bond motifs is 1. The van der Waals surface area contributed by atoms with Crippen molar-refractivity contribution in [2.45, 2.75) is 38.7 Å². The van der Waals surface area contributed by atoms with E-state index in [2.05, 4.69) is 5.10 Å². The van der Waals surface area contributed by atoms with Crippen LogP contribution in [0.2, 0.25) is 0 Å². The third-order valence-corrected chi connectivity index (χ3v) is 5.32. The zero-order valence-electron chi connectivity index (χ0n) is 15.9. The number of aromatic nitrogens is 2. The van der Waals surface area contributed by atoms with Crippen molar-refractivity contribution in [3.05, 3.63) is 51.2 Å². The van der Waals surface area contributed by atoms with Gasteiger partial charge in [-0.05, 0) is 23.3 Å². The highest BCUT2D eigenvalue weighted by molar-refractivity contribution is 5.73. The molecule has 7 nitrogen and oxygen atoms in total. The van der Waals surface area contributed by atoms with Crippen molar-refractivity contribution in [3.8, 4) is 5.75 Å². The lowest BCUT2D eigenvalue weighted by Gasteiger charge is -2.21. The van der Waals surface area contributed by atoms with Crippen LogP contribution in [0.15, 0.2) is 23.1 Å². The fraction of sp³-hybridized carbons (Fsp3) is 0.421. The first-order valence-electron chi connectivity index (χ1n) is 9.26. The highest BCUT2D eigenvalue weighted by atomic mass is 19.4. The summed E-state index contributed by atoms with van der Waals surface area (Å²) >= 11 is 0. The van der Waals surface area contributed by atoms with Crippen LogP contribution in [0.25, 0.3) is 0 Å². The summed E-state index contributed by atoms with van der Waals surface area (Å²) in [6, 6.07) is 2.70. The molecule has 160 valence electrons. The first-order chi connectivity index (χ1) is 14.1. The maximum Gasteiger partial charge on any atom is 0.423 e. The van der Waals surface area contributed by atoms with Crippen molar-refractivity contribution in [2.24, 2.45) is 0 Å². The Kier molecular flexibility index (Phi) is 4.91. The van der Waals surface area contributed by atoms with Crippen molar-refractivity contribution in [2.75, 3.05) is 18.0 Å². The minimum absolute atomic E-state index is 0.00227. The lowest BCUT2D eigenvalue weighted by molar-refractivity contribution is -0.138. The summed E-state index contributed by atoms with van der Waals surface area (Å²) in [5, 5.41) is 5.28. The Morgan fingerprint density at radius 3 is 2.60 bits per heavy atom. The fourth-order valence-electron chi connectivity index (χ4n) is 3.85. The Morgan fingerprint density at radius 1 is 1.27 bits per heavy atom. The van der Waals surface area contributed by atoms with Crippen LogP contribution < -0.4 is 15.2 Å². The van der Waals surface area contributed by atoms with Gasteiger partial charge < -0.3 is 14.5 Å². The Morgan fingerprint density at radius 2 is 1.97 bits per heavy atom. The number of hydrogen-bond donors (Lipinski definition) is 1. The first-order valence-corrected chi connectivity index (χ1v) is 9.26. The summed E-state index contributed by atoms with van der Waals surface area (Å²) < 4.78 is 60.3. The second-order valence-electron chi connectivity index (χ2n) is 7.36. The average molecular weight is 426 g/mol. The Balaban J connectivity index is 1.57. The van der Waals surface area contributed by atoms with Crippen LogP contribution in [-0.2, 0) is 24.1 Å². The molecule has 30 heavy (non-hydrogen) atoms. The van der Waals surface area contributed by atoms with Crippen LogP contribution >= 0.6 is 0 Å². The summed E-state index contributed by atoms with van der Waals surface area (Å²) in [4.78, 5) is 26.1. The van der Waals surface area contributed by atoms with Crippen LogP contribution in [0.5, 0.6) is 5.75 Å². The topological polar surface area (TPSA) is 78.5 Å². The Labute approximate surface area is 168 Å². The zero-order chi connectivity index (χ0) is 21.6. The molecule has 1 unspecified atom stereocenters. The van der Waals surface area contributed by atoms with Gasteiger partial charge in [-0.1, -0.05) is 0 Å². The summed E-state index contributed by atoms with van der Waals surface area (Å²) in [5.74, 6) is -0.721. The number of H-pyrrole nitrogens is 1. The van der Waals surface area contributed by atoms with Crippen molar-refractivity contribution in [3.63, 3.8) is 0 Å². The molecule has 1 amide bonds. The van der Waals surface area contributed by atoms with E-state index in [0.29, 0.717) is 30.6 Å². The molecule has 4 rings (SSSR count). The smallest absolute Gasteiger partial charge is 0.423 e. The van der Waals surface area contributed by atoms with E-state index in [9.17, 15) is 27.2 Å². The highest BCUT2D eigenvalue weighted by Crippen LogP contribution is 2.38. The number of carbonyl (C=O) groups excluding carboxylic acids is 1. The number of halogens is 4. The normalized spacial score (nSPS) is 18.6. The van der Waals surface area contributed by atoms with E-state index in [-0.39, 0.29) is 36.5 Å². The number of likely N-dealkylation sites (tertiary alicyclic amines) is 1. The standard InChI is InChI=1S/C19H18F4N4O3/c1-10(28)26-3-2-13(9-26)30-16-5-12-8-27(7-11(12)4-14(16)20)15-6-24-25-18(29)17(15)19(21,22)23/h4-6,13H,2-3,7-9H2,1H3,(H,25,29). The monoisotopic (exact) mass is 426 g/mol. The van der Waals surface area contributed by atoms with Gasteiger partial charge in [-0.2, -0.15) is 18.3 Å². The van der Waals surface area contributed by atoms with Crippen LogP contribution in [0, 0.1) is 5.82 Å². The fourth-order valence-corrected chi connectivity index (χ4v) is 3.85. The van der Waals surface area contributed by atoms with Crippen molar-refractivity contribution < 1.29 is 27.1 Å². The minimum atomic E-state index is -4.86. The van der Waals surface area contributed by atoms with Crippen LogP contribution in [-0.4, -0.2) is 40.2 Å². The first kappa shape index (κ1) is 20.2. The van der Waals surface area contributed by atoms with Gasteiger partial charge in [0.1, 0.15) is 11.7 Å². The summed E-state index contributed by atoms with van der Waals surface area (Å²) in [5.41, 5.74) is -1.93. The van der Waals surface area contributed by atoms with Crippen LogP contribution in [0.4, 0.5) is 23.2 Å². The third kappa shape index (κ3) is 3.71. The molecular formula is C19H18F4N4O3. The lowest BCUT2D eigenvalue weighted by Crippen LogP contribution is -2.28. The quantitative estimate of drug-likeness (QED) is 0.763. The van der Waals surface area contributed by atoms with E-state index >= 15 is 0 Å². The molecule has 11 heteroatoms. The van der Waals surface area contributed by atoms with E-state index in [0.717, 1.165) is 6.20 Å². The summed E-state index contributed by atoms with van der Waals surface area (Å²) in [6.45, 7) is 2.37. The maximum atomic E-state index is 14.5.